The number of carbonyl (C=O) groups is 1. The van der Waals surface area contributed by atoms with Gasteiger partial charge in [-0.2, -0.15) is 4.31 Å². The molecule has 0 bridgehead atoms. The molecule has 6 nitrogen and oxygen atoms in total. The minimum atomic E-state index is -3.57. The molecule has 0 unspecified atom stereocenters. The number of aryl methyl sites for hydroxylation is 1. The summed E-state index contributed by atoms with van der Waals surface area (Å²) >= 11 is 0. The Hall–Kier alpha value is -1.44. The van der Waals surface area contributed by atoms with Crippen molar-refractivity contribution in [3.8, 4) is 0 Å². The number of hydrogen-bond donors (Lipinski definition) is 0. The monoisotopic (exact) mass is 380 g/mol. The van der Waals surface area contributed by atoms with Crippen molar-refractivity contribution in [3.05, 3.63) is 29.8 Å². The van der Waals surface area contributed by atoms with E-state index < -0.39 is 10.0 Å². The van der Waals surface area contributed by atoms with Crippen molar-refractivity contribution < 1.29 is 17.9 Å². The first-order valence-electron chi connectivity index (χ1n) is 9.27. The number of amides is 1. The van der Waals surface area contributed by atoms with Crippen LogP contribution >= 0.6 is 0 Å². The number of benzene rings is 1. The highest BCUT2D eigenvalue weighted by atomic mass is 32.2. The van der Waals surface area contributed by atoms with Crippen LogP contribution in [0.25, 0.3) is 0 Å². The highest BCUT2D eigenvalue weighted by Crippen LogP contribution is 2.27. The summed E-state index contributed by atoms with van der Waals surface area (Å²) < 4.78 is 32.9. The van der Waals surface area contributed by atoms with Crippen molar-refractivity contribution in [1.82, 2.24) is 9.21 Å². The van der Waals surface area contributed by atoms with Crippen LogP contribution in [0.2, 0.25) is 0 Å². The Bertz CT molecular complexity index is 737. The van der Waals surface area contributed by atoms with Gasteiger partial charge in [-0.25, -0.2) is 8.42 Å². The molecule has 0 aromatic heterocycles. The maximum absolute atomic E-state index is 13.1. The van der Waals surface area contributed by atoms with E-state index in [0.717, 1.165) is 12.0 Å². The summed E-state index contributed by atoms with van der Waals surface area (Å²) in [6.45, 7) is 7.69. The largest absolute Gasteiger partial charge is 0.377 e. The molecule has 1 aromatic rings. The lowest BCUT2D eigenvalue weighted by molar-refractivity contribution is -0.149. The molecule has 1 aromatic carbocycles. The van der Waals surface area contributed by atoms with Crippen LogP contribution < -0.4 is 0 Å². The zero-order chi connectivity index (χ0) is 18.9. The zero-order valence-electron chi connectivity index (χ0n) is 15.7. The number of ether oxygens (including phenoxy) is 1. The van der Waals surface area contributed by atoms with E-state index in [4.69, 9.17) is 4.74 Å². The van der Waals surface area contributed by atoms with Crippen LogP contribution in [-0.4, -0.2) is 61.9 Å². The highest BCUT2D eigenvalue weighted by molar-refractivity contribution is 7.89. The van der Waals surface area contributed by atoms with Gasteiger partial charge in [0.15, 0.2) is 0 Å². The van der Waals surface area contributed by atoms with Crippen LogP contribution in [-0.2, 0) is 19.6 Å². The van der Waals surface area contributed by atoms with Crippen LogP contribution in [0.15, 0.2) is 29.2 Å². The molecule has 26 heavy (non-hydrogen) atoms. The number of rotatable bonds is 3. The molecule has 0 radical (unpaired) electrons. The van der Waals surface area contributed by atoms with Gasteiger partial charge < -0.3 is 9.64 Å². The van der Waals surface area contributed by atoms with Gasteiger partial charge in [0.2, 0.25) is 15.9 Å². The molecular formula is C19H28N2O4S. The summed E-state index contributed by atoms with van der Waals surface area (Å²) in [6.07, 6.45) is 1.43. The average molecular weight is 381 g/mol. The number of nitrogens with zero attached hydrogens (tertiary/aromatic N) is 2. The predicted molar refractivity (Wildman–Crippen MR) is 99.3 cm³/mol. The summed E-state index contributed by atoms with van der Waals surface area (Å²) in [5.41, 5.74) is 1.02. The summed E-state index contributed by atoms with van der Waals surface area (Å²) in [7, 11) is -3.57. The molecule has 2 aliphatic heterocycles. The fraction of sp³-hybridized carbons (Fsp3) is 0.632. The molecule has 144 valence electrons. The van der Waals surface area contributed by atoms with Gasteiger partial charge in [-0.3, -0.25) is 4.79 Å². The Morgan fingerprint density at radius 3 is 2.35 bits per heavy atom. The van der Waals surface area contributed by atoms with Crippen molar-refractivity contribution in [3.63, 3.8) is 0 Å². The standard InChI is InChI=1S/C19H28N2O4S/c1-14-6-8-18(9-7-14)26(23,24)20-10-4-5-17(11-20)19(22)21-15(2)12-25-13-16(21)3/h6-9,15-17H,4-5,10-13H2,1-3H3/t15-,16+,17-/m0/s1. The lowest BCUT2D eigenvalue weighted by Gasteiger charge is -2.42. The molecule has 2 saturated heterocycles. The number of morpholine rings is 1. The van der Waals surface area contributed by atoms with Gasteiger partial charge in [0.25, 0.3) is 0 Å². The van der Waals surface area contributed by atoms with Gasteiger partial charge in [-0.05, 0) is 45.7 Å². The van der Waals surface area contributed by atoms with Crippen LogP contribution in [0.5, 0.6) is 0 Å². The summed E-state index contributed by atoms with van der Waals surface area (Å²) in [4.78, 5) is 15.3. The maximum Gasteiger partial charge on any atom is 0.243 e. The first-order valence-corrected chi connectivity index (χ1v) is 10.7. The molecule has 0 N–H and O–H groups in total. The summed E-state index contributed by atoms with van der Waals surface area (Å²) in [6, 6.07) is 6.93. The zero-order valence-corrected chi connectivity index (χ0v) is 16.5. The quantitative estimate of drug-likeness (QED) is 0.805. The van der Waals surface area contributed by atoms with Gasteiger partial charge in [-0.1, -0.05) is 17.7 Å². The van der Waals surface area contributed by atoms with Crippen molar-refractivity contribution in [2.45, 2.75) is 50.6 Å². The first-order chi connectivity index (χ1) is 12.3. The van der Waals surface area contributed by atoms with Crippen LogP contribution in [0, 0.1) is 12.8 Å². The van der Waals surface area contributed by atoms with E-state index in [1.807, 2.05) is 25.7 Å². The van der Waals surface area contributed by atoms with Gasteiger partial charge in [0, 0.05) is 13.1 Å². The van der Waals surface area contributed by atoms with E-state index in [1.165, 1.54) is 4.31 Å². The molecule has 0 saturated carbocycles. The first kappa shape index (κ1) is 19.3. The van der Waals surface area contributed by atoms with E-state index in [2.05, 4.69) is 0 Å². The van der Waals surface area contributed by atoms with Crippen molar-refractivity contribution in [2.75, 3.05) is 26.3 Å². The second kappa shape index (κ2) is 7.66. The maximum atomic E-state index is 13.1. The van der Waals surface area contributed by atoms with E-state index in [-0.39, 0.29) is 30.5 Å². The Balaban J connectivity index is 1.76. The highest BCUT2D eigenvalue weighted by Gasteiger charge is 2.38. The minimum Gasteiger partial charge on any atom is -0.377 e. The van der Waals surface area contributed by atoms with Gasteiger partial charge in [-0.15, -0.1) is 0 Å². The third-order valence-corrected chi connectivity index (χ3v) is 7.19. The second-order valence-electron chi connectivity index (χ2n) is 7.50. The molecule has 0 spiro atoms. The molecule has 2 aliphatic rings. The van der Waals surface area contributed by atoms with Crippen molar-refractivity contribution in [2.24, 2.45) is 5.92 Å². The predicted octanol–water partition coefficient (Wildman–Crippen LogP) is 2.03. The summed E-state index contributed by atoms with van der Waals surface area (Å²) in [5, 5.41) is 0. The fourth-order valence-electron chi connectivity index (χ4n) is 3.87. The molecular weight excluding hydrogens is 352 g/mol. The third-order valence-electron chi connectivity index (χ3n) is 5.31. The van der Waals surface area contributed by atoms with Crippen LogP contribution in [0.3, 0.4) is 0 Å². The van der Waals surface area contributed by atoms with E-state index in [9.17, 15) is 13.2 Å². The third kappa shape index (κ3) is 3.80. The van der Waals surface area contributed by atoms with Gasteiger partial charge in [0.1, 0.15) is 0 Å². The van der Waals surface area contributed by atoms with Crippen molar-refractivity contribution >= 4 is 15.9 Å². The molecule has 1 amide bonds. The number of carbonyl (C=O) groups excluding carboxylic acids is 1. The Morgan fingerprint density at radius 2 is 1.73 bits per heavy atom. The summed E-state index contributed by atoms with van der Waals surface area (Å²) in [5.74, 6) is -0.232. The lowest BCUT2D eigenvalue weighted by atomic mass is 9.96. The fourth-order valence-corrected chi connectivity index (χ4v) is 5.39. The van der Waals surface area contributed by atoms with Crippen LogP contribution in [0.4, 0.5) is 0 Å². The van der Waals surface area contributed by atoms with E-state index in [0.29, 0.717) is 31.1 Å². The number of hydrogen-bond acceptors (Lipinski definition) is 4. The molecule has 3 rings (SSSR count). The van der Waals surface area contributed by atoms with E-state index >= 15 is 0 Å². The molecule has 7 heteroatoms. The Kier molecular flexibility index (Phi) is 5.69. The molecule has 0 aliphatic carbocycles. The van der Waals surface area contributed by atoms with Gasteiger partial charge >= 0.3 is 0 Å². The van der Waals surface area contributed by atoms with Crippen LogP contribution in [0.1, 0.15) is 32.3 Å². The van der Waals surface area contributed by atoms with E-state index in [1.54, 1.807) is 24.3 Å². The Morgan fingerprint density at radius 1 is 1.12 bits per heavy atom. The molecule has 2 heterocycles. The topological polar surface area (TPSA) is 66.9 Å². The number of sulfonamides is 1. The van der Waals surface area contributed by atoms with Crippen molar-refractivity contribution in [1.29, 1.82) is 0 Å². The molecule has 3 atom stereocenters. The lowest BCUT2D eigenvalue weighted by Crippen LogP contribution is -2.56. The smallest absolute Gasteiger partial charge is 0.243 e. The second-order valence-corrected chi connectivity index (χ2v) is 9.43. The molecule has 2 fully saturated rings. The minimum absolute atomic E-state index is 0.0235. The Labute approximate surface area is 156 Å². The SMILES string of the molecule is Cc1ccc(S(=O)(=O)N2CCC[C@H](C(=O)N3[C@H](C)COC[C@@H]3C)C2)cc1. The normalized spacial score (nSPS) is 28.1. The average Bonchev–Trinajstić information content (AvgIpc) is 2.62. The number of piperidine rings is 1. The van der Waals surface area contributed by atoms with Gasteiger partial charge in [0.05, 0.1) is 36.1 Å².